The third-order valence-electron chi connectivity index (χ3n) is 4.51. The van der Waals surface area contributed by atoms with Gasteiger partial charge in [-0.25, -0.2) is 0 Å². The number of methoxy groups -OCH3 is 1. The van der Waals surface area contributed by atoms with Gasteiger partial charge in [0, 0.05) is 22.7 Å². The summed E-state index contributed by atoms with van der Waals surface area (Å²) in [6.45, 7) is 1.84. The molecule has 4 rings (SSSR count). The van der Waals surface area contributed by atoms with Crippen molar-refractivity contribution in [3.63, 3.8) is 0 Å². The van der Waals surface area contributed by atoms with Crippen LogP contribution in [0.15, 0.2) is 65.3 Å². The minimum atomic E-state index is -0.457. The molecule has 2 heterocycles. The normalized spacial score (nSPS) is 11.4. The molecule has 0 bridgehead atoms. The van der Waals surface area contributed by atoms with E-state index < -0.39 is 5.91 Å². The standard InChI is InChI=1S/C22H18ClN5O3/c1-14-11-18(20(30-2)13-17(14)23)24-22(29)19(12-16-9-6-10-31-16)28-21(25-26-27-28)15-7-4-3-5-8-15/h3-13H,1-2H3,(H,24,29)/b19-12-. The average molecular weight is 436 g/mol. The maximum atomic E-state index is 13.4. The summed E-state index contributed by atoms with van der Waals surface area (Å²) in [5, 5.41) is 15.3. The molecule has 0 saturated carbocycles. The van der Waals surface area contributed by atoms with Crippen molar-refractivity contribution < 1.29 is 13.9 Å². The molecule has 2 aromatic heterocycles. The lowest BCUT2D eigenvalue weighted by Gasteiger charge is -2.14. The Morgan fingerprint density at radius 3 is 2.71 bits per heavy atom. The molecule has 0 unspecified atom stereocenters. The lowest BCUT2D eigenvalue weighted by atomic mass is 10.2. The van der Waals surface area contributed by atoms with E-state index in [2.05, 4.69) is 20.8 Å². The quantitative estimate of drug-likeness (QED) is 0.447. The number of benzene rings is 2. The van der Waals surface area contributed by atoms with Gasteiger partial charge in [-0.15, -0.1) is 5.10 Å². The van der Waals surface area contributed by atoms with Crippen molar-refractivity contribution in [1.29, 1.82) is 0 Å². The number of hydrogen-bond donors (Lipinski definition) is 1. The summed E-state index contributed by atoms with van der Waals surface area (Å²) in [5.41, 5.74) is 2.18. The Morgan fingerprint density at radius 2 is 2.00 bits per heavy atom. The van der Waals surface area contributed by atoms with Gasteiger partial charge in [-0.2, -0.15) is 4.68 Å². The summed E-state index contributed by atoms with van der Waals surface area (Å²) in [4.78, 5) is 13.4. The van der Waals surface area contributed by atoms with E-state index in [0.29, 0.717) is 28.0 Å². The Morgan fingerprint density at radius 1 is 1.19 bits per heavy atom. The fourth-order valence-electron chi connectivity index (χ4n) is 2.96. The highest BCUT2D eigenvalue weighted by Gasteiger charge is 2.21. The van der Waals surface area contributed by atoms with Crippen LogP contribution >= 0.6 is 11.6 Å². The molecule has 8 nitrogen and oxygen atoms in total. The van der Waals surface area contributed by atoms with Crippen molar-refractivity contribution in [3.8, 4) is 17.1 Å². The number of carbonyl (C=O) groups is 1. The number of carbonyl (C=O) groups excluding carboxylic acids is 1. The zero-order valence-electron chi connectivity index (χ0n) is 16.7. The van der Waals surface area contributed by atoms with Crippen LogP contribution in [0.25, 0.3) is 23.2 Å². The van der Waals surface area contributed by atoms with Gasteiger partial charge in [-0.05, 0) is 41.1 Å². The van der Waals surface area contributed by atoms with E-state index in [1.54, 1.807) is 30.3 Å². The Labute approximate surface area is 183 Å². The number of nitrogens with one attached hydrogen (secondary N) is 1. The van der Waals surface area contributed by atoms with E-state index in [1.807, 2.05) is 37.3 Å². The molecule has 1 amide bonds. The lowest BCUT2D eigenvalue weighted by molar-refractivity contribution is -0.111. The summed E-state index contributed by atoms with van der Waals surface area (Å²) in [6, 6.07) is 16.2. The second-order valence-electron chi connectivity index (χ2n) is 6.58. The van der Waals surface area contributed by atoms with E-state index in [0.717, 1.165) is 11.1 Å². The maximum Gasteiger partial charge on any atom is 0.274 e. The zero-order chi connectivity index (χ0) is 21.8. The van der Waals surface area contributed by atoms with Crippen molar-refractivity contribution in [2.24, 2.45) is 0 Å². The van der Waals surface area contributed by atoms with Crippen molar-refractivity contribution in [1.82, 2.24) is 20.2 Å². The van der Waals surface area contributed by atoms with Gasteiger partial charge in [0.05, 0.1) is 19.1 Å². The average Bonchev–Trinajstić information content (AvgIpc) is 3.47. The molecule has 9 heteroatoms. The monoisotopic (exact) mass is 435 g/mol. The number of furan rings is 1. The molecule has 0 aliphatic rings. The zero-order valence-corrected chi connectivity index (χ0v) is 17.5. The van der Waals surface area contributed by atoms with Crippen molar-refractivity contribution in [3.05, 3.63) is 77.2 Å². The molecular weight excluding hydrogens is 418 g/mol. The van der Waals surface area contributed by atoms with Gasteiger partial charge < -0.3 is 14.5 Å². The van der Waals surface area contributed by atoms with E-state index in [1.165, 1.54) is 18.1 Å². The van der Waals surface area contributed by atoms with E-state index in [-0.39, 0.29) is 5.70 Å². The predicted molar refractivity (Wildman–Crippen MR) is 117 cm³/mol. The molecule has 2 aromatic carbocycles. The summed E-state index contributed by atoms with van der Waals surface area (Å²) in [6.07, 6.45) is 3.08. The fraction of sp³-hybridized carbons (Fsp3) is 0.0909. The van der Waals surface area contributed by atoms with Crippen LogP contribution < -0.4 is 10.1 Å². The molecule has 31 heavy (non-hydrogen) atoms. The van der Waals surface area contributed by atoms with Crippen molar-refractivity contribution in [2.75, 3.05) is 12.4 Å². The van der Waals surface area contributed by atoms with Crippen LogP contribution in [0.5, 0.6) is 5.75 Å². The summed E-state index contributed by atoms with van der Waals surface area (Å²) in [7, 11) is 1.51. The molecular formula is C22H18ClN5O3. The number of hydrogen-bond acceptors (Lipinski definition) is 6. The molecule has 0 saturated heterocycles. The Hall–Kier alpha value is -3.91. The number of ether oxygens (including phenoxy) is 1. The molecule has 0 atom stereocenters. The van der Waals surface area contributed by atoms with Gasteiger partial charge in [0.15, 0.2) is 5.82 Å². The Balaban J connectivity index is 1.77. The molecule has 156 valence electrons. The molecule has 0 radical (unpaired) electrons. The molecule has 0 fully saturated rings. The SMILES string of the molecule is COc1cc(Cl)c(C)cc1NC(=O)/C(=C/c1ccco1)n1nnnc1-c1ccccc1. The van der Waals surface area contributed by atoms with E-state index in [4.69, 9.17) is 20.8 Å². The topological polar surface area (TPSA) is 95.1 Å². The molecule has 0 aliphatic carbocycles. The number of nitrogens with zero attached hydrogens (tertiary/aromatic N) is 4. The first-order valence-electron chi connectivity index (χ1n) is 9.31. The Bertz CT molecular complexity index is 1230. The van der Waals surface area contributed by atoms with E-state index in [9.17, 15) is 4.79 Å². The van der Waals surface area contributed by atoms with Gasteiger partial charge in [0.2, 0.25) is 0 Å². The van der Waals surface area contributed by atoms with Crippen molar-refractivity contribution >= 4 is 35.0 Å². The first-order valence-corrected chi connectivity index (χ1v) is 9.69. The highest BCUT2D eigenvalue weighted by Crippen LogP contribution is 2.32. The lowest BCUT2D eigenvalue weighted by Crippen LogP contribution is -2.20. The number of aromatic nitrogens is 4. The van der Waals surface area contributed by atoms with Crippen LogP contribution in [0, 0.1) is 6.92 Å². The van der Waals surface area contributed by atoms with Crippen LogP contribution in [0.2, 0.25) is 5.02 Å². The Kier molecular flexibility index (Phi) is 5.81. The molecule has 1 N–H and O–H groups in total. The number of tetrazole rings is 1. The van der Waals surface area contributed by atoms with Gasteiger partial charge >= 0.3 is 0 Å². The van der Waals surface area contributed by atoms with E-state index >= 15 is 0 Å². The highest BCUT2D eigenvalue weighted by molar-refractivity contribution is 6.31. The minimum absolute atomic E-state index is 0.161. The second-order valence-corrected chi connectivity index (χ2v) is 6.99. The van der Waals surface area contributed by atoms with Gasteiger partial charge in [0.25, 0.3) is 5.91 Å². The third kappa shape index (κ3) is 4.34. The van der Waals surface area contributed by atoms with Crippen LogP contribution in [0.3, 0.4) is 0 Å². The fourth-order valence-corrected chi connectivity index (χ4v) is 3.12. The molecule has 0 spiro atoms. The third-order valence-corrected chi connectivity index (χ3v) is 4.92. The predicted octanol–water partition coefficient (Wildman–Crippen LogP) is 4.54. The van der Waals surface area contributed by atoms with Gasteiger partial charge in [-0.3, -0.25) is 4.79 Å². The summed E-state index contributed by atoms with van der Waals surface area (Å²) >= 11 is 6.18. The van der Waals surface area contributed by atoms with Crippen molar-refractivity contribution in [2.45, 2.75) is 6.92 Å². The van der Waals surface area contributed by atoms with Gasteiger partial charge in [0.1, 0.15) is 17.2 Å². The number of anilines is 1. The first-order chi connectivity index (χ1) is 15.1. The number of aryl methyl sites for hydroxylation is 1. The largest absolute Gasteiger partial charge is 0.495 e. The van der Waals surface area contributed by atoms with Crippen LogP contribution in [-0.2, 0) is 4.79 Å². The van der Waals surface area contributed by atoms with Crippen LogP contribution in [-0.4, -0.2) is 33.2 Å². The number of amides is 1. The van der Waals surface area contributed by atoms with Crippen LogP contribution in [0.1, 0.15) is 11.3 Å². The highest BCUT2D eigenvalue weighted by atomic mass is 35.5. The minimum Gasteiger partial charge on any atom is -0.495 e. The van der Waals surface area contributed by atoms with Crippen LogP contribution in [0.4, 0.5) is 5.69 Å². The molecule has 4 aromatic rings. The summed E-state index contributed by atoms with van der Waals surface area (Å²) in [5.74, 6) is 0.855. The maximum absolute atomic E-state index is 13.4. The number of halogens is 1. The number of rotatable bonds is 6. The summed E-state index contributed by atoms with van der Waals surface area (Å²) < 4.78 is 12.1. The smallest absolute Gasteiger partial charge is 0.274 e. The van der Waals surface area contributed by atoms with Gasteiger partial charge in [-0.1, -0.05) is 41.9 Å². The molecule has 0 aliphatic heterocycles. The second kappa shape index (κ2) is 8.85. The first kappa shape index (κ1) is 20.4.